The van der Waals surface area contributed by atoms with Crippen molar-refractivity contribution in [1.82, 2.24) is 9.62 Å². The number of allylic oxidation sites excluding steroid dienone is 1. The molecule has 0 radical (unpaired) electrons. The first kappa shape index (κ1) is 28.5. The fourth-order valence-electron chi connectivity index (χ4n) is 5.52. The third-order valence-corrected chi connectivity index (χ3v) is 23.3. The molecule has 0 aromatic rings. The Kier molecular flexibility index (Phi) is 12.8. The van der Waals surface area contributed by atoms with E-state index in [9.17, 15) is 10.5 Å². The summed E-state index contributed by atoms with van der Waals surface area (Å²) in [5.41, 5.74) is 0.568. The van der Waals surface area contributed by atoms with Crippen LogP contribution >= 0.6 is 0 Å². The molecule has 0 N–H and O–H groups in total. The minimum atomic E-state index is -2.36. The van der Waals surface area contributed by atoms with Crippen molar-refractivity contribution in [3.05, 3.63) is 11.5 Å². The summed E-state index contributed by atoms with van der Waals surface area (Å²) in [5, 5.41) is 19.8. The van der Waals surface area contributed by atoms with E-state index in [1.165, 1.54) is 61.8 Å². The second-order valence-corrected chi connectivity index (χ2v) is 24.5. The maximum atomic E-state index is 9.92. The fourth-order valence-corrected chi connectivity index (χ4v) is 23.0. The van der Waals surface area contributed by atoms with E-state index in [-0.39, 0.29) is 6.98 Å². The van der Waals surface area contributed by atoms with Crippen molar-refractivity contribution >= 4 is 25.4 Å². The number of unbranched alkanes of at least 4 members (excludes halogenated alkanes) is 3. The van der Waals surface area contributed by atoms with Gasteiger partial charge in [0.15, 0.2) is 0 Å². The standard InChI is InChI=1S/C13H20BN4.3C4H9.Sn/c1-11-6-13(9-15,10-16)7-12(11)8-14(17(2)3)18(4)5;3*1-3-4-2;/h8,11H,1,6-7H2,2-5H3;3*1,3-4H2,2H3;. The Morgan fingerprint density at radius 1 is 0.935 bits per heavy atom. The Morgan fingerprint density at radius 2 is 1.39 bits per heavy atom. The van der Waals surface area contributed by atoms with E-state index in [0.717, 1.165) is 6.42 Å². The summed E-state index contributed by atoms with van der Waals surface area (Å²) in [4.78, 5) is 4.45. The average Bonchev–Trinajstić information content (AvgIpc) is 3.10. The van der Waals surface area contributed by atoms with Crippen LogP contribution in [-0.2, 0) is 0 Å². The molecule has 1 saturated carbocycles. The predicted octanol–water partition coefficient (Wildman–Crippen LogP) is 6.36. The van der Waals surface area contributed by atoms with Gasteiger partial charge >= 0.3 is 199 Å². The monoisotopic (exact) mass is 534 g/mol. The molecule has 0 aromatic carbocycles. The van der Waals surface area contributed by atoms with Gasteiger partial charge in [0.2, 0.25) is 0 Å². The molecule has 1 atom stereocenters. The first-order valence-corrected chi connectivity index (χ1v) is 20.6. The van der Waals surface area contributed by atoms with Crippen LogP contribution < -0.4 is 0 Å². The molecular formula is C25H47BN4Sn. The molecule has 1 fully saturated rings. The van der Waals surface area contributed by atoms with Crippen LogP contribution in [0.5, 0.6) is 0 Å². The van der Waals surface area contributed by atoms with Gasteiger partial charge in [-0.1, -0.05) is 0 Å². The molecule has 0 spiro atoms. The van der Waals surface area contributed by atoms with E-state index < -0.39 is 23.8 Å². The Morgan fingerprint density at radius 3 is 1.74 bits per heavy atom. The Labute approximate surface area is 198 Å². The summed E-state index contributed by atoms with van der Waals surface area (Å²) in [7, 11) is 8.45. The molecule has 1 unspecified atom stereocenters. The second kappa shape index (κ2) is 13.9. The predicted molar refractivity (Wildman–Crippen MR) is 137 cm³/mol. The zero-order valence-electron chi connectivity index (χ0n) is 21.5. The number of hydrogen-bond acceptors (Lipinski definition) is 4. The van der Waals surface area contributed by atoms with E-state index >= 15 is 0 Å². The van der Waals surface area contributed by atoms with Gasteiger partial charge in [0, 0.05) is 0 Å². The van der Waals surface area contributed by atoms with Crippen LogP contribution in [0.1, 0.15) is 72.1 Å². The van der Waals surface area contributed by atoms with Crippen LogP contribution in [0.3, 0.4) is 0 Å². The van der Waals surface area contributed by atoms with E-state index in [4.69, 9.17) is 0 Å². The van der Waals surface area contributed by atoms with Crippen molar-refractivity contribution in [2.45, 2.75) is 89.9 Å². The van der Waals surface area contributed by atoms with Gasteiger partial charge in [-0.15, -0.1) is 0 Å². The summed E-state index contributed by atoms with van der Waals surface area (Å²) >= 11 is -2.36. The first-order valence-electron chi connectivity index (χ1n) is 12.6. The van der Waals surface area contributed by atoms with Crippen molar-refractivity contribution in [3.63, 3.8) is 0 Å². The molecule has 1 rings (SSSR count). The molecule has 0 aliphatic heterocycles. The molecule has 174 valence electrons. The molecule has 0 amide bonds. The molecular weight excluding hydrogens is 486 g/mol. The Hall–Kier alpha value is -0.496. The Balaban J connectivity index is 3.35. The van der Waals surface area contributed by atoms with Crippen LogP contribution in [0, 0.1) is 34.0 Å². The molecule has 1 aliphatic rings. The van der Waals surface area contributed by atoms with Gasteiger partial charge in [-0.25, -0.2) is 0 Å². The van der Waals surface area contributed by atoms with Crippen LogP contribution in [0.25, 0.3) is 0 Å². The number of rotatable bonds is 14. The van der Waals surface area contributed by atoms with Crippen molar-refractivity contribution in [2.75, 3.05) is 28.2 Å². The van der Waals surface area contributed by atoms with Crippen molar-refractivity contribution in [2.24, 2.45) is 11.3 Å². The normalized spacial score (nSPS) is 19.7. The van der Waals surface area contributed by atoms with Gasteiger partial charge in [0.1, 0.15) is 0 Å². The van der Waals surface area contributed by atoms with Crippen molar-refractivity contribution in [1.29, 1.82) is 10.5 Å². The summed E-state index contributed by atoms with van der Waals surface area (Å²) in [6.07, 6.45) is 9.36. The van der Waals surface area contributed by atoms with Crippen LogP contribution in [0.15, 0.2) is 11.5 Å². The summed E-state index contributed by atoms with van der Waals surface area (Å²) in [6, 6.07) is 4.86. The van der Waals surface area contributed by atoms with Gasteiger partial charge in [-0.05, 0) is 0 Å². The summed E-state index contributed by atoms with van der Waals surface area (Å²) in [5.74, 6) is 2.82. The Bertz CT molecular complexity index is 603. The maximum absolute atomic E-state index is 9.92. The number of nitrogens with zero attached hydrogens (tertiary/aromatic N) is 4. The van der Waals surface area contributed by atoms with Gasteiger partial charge in [-0.2, -0.15) is 0 Å². The van der Waals surface area contributed by atoms with E-state index in [1.807, 2.05) is 0 Å². The summed E-state index contributed by atoms with van der Waals surface area (Å²) < 4.78 is 5.82. The van der Waals surface area contributed by atoms with E-state index in [0.29, 0.717) is 12.3 Å². The fraction of sp³-hybridized carbons (Fsp3) is 0.840. The molecule has 31 heavy (non-hydrogen) atoms. The average molecular weight is 533 g/mol. The SMILES string of the molecule is CCC[CH2][Sn]([CH2]CCC)([CH2]CCC)[CH2]C1CC(C#N)(C#N)CC1=CB(N(C)C)N(C)C. The first-order chi connectivity index (χ1) is 14.7. The molecule has 1 aliphatic carbocycles. The second-order valence-electron chi connectivity index (χ2n) is 10.5. The molecule has 4 nitrogen and oxygen atoms in total. The number of nitriles is 2. The zero-order valence-corrected chi connectivity index (χ0v) is 24.4. The third-order valence-electron chi connectivity index (χ3n) is 7.34. The van der Waals surface area contributed by atoms with Crippen molar-refractivity contribution < 1.29 is 0 Å². The van der Waals surface area contributed by atoms with Crippen LogP contribution in [0.2, 0.25) is 17.7 Å². The molecule has 0 saturated heterocycles. The topological polar surface area (TPSA) is 54.1 Å². The molecule has 0 bridgehead atoms. The van der Waals surface area contributed by atoms with Gasteiger partial charge in [0.25, 0.3) is 0 Å². The molecule has 0 aromatic heterocycles. The van der Waals surface area contributed by atoms with Gasteiger partial charge < -0.3 is 0 Å². The third kappa shape index (κ3) is 8.41. The van der Waals surface area contributed by atoms with Crippen LogP contribution in [-0.4, -0.2) is 63.2 Å². The van der Waals surface area contributed by atoms with Crippen LogP contribution in [0.4, 0.5) is 0 Å². The number of hydrogen-bond donors (Lipinski definition) is 0. The minimum absolute atomic E-state index is 0.206. The molecule has 6 heteroatoms. The zero-order chi connectivity index (χ0) is 23.5. The van der Waals surface area contributed by atoms with Crippen molar-refractivity contribution in [3.8, 4) is 12.1 Å². The van der Waals surface area contributed by atoms with E-state index in [1.54, 1.807) is 0 Å². The summed E-state index contributed by atoms with van der Waals surface area (Å²) in [6.45, 7) is 7.18. The van der Waals surface area contributed by atoms with Gasteiger partial charge in [0.05, 0.1) is 0 Å². The van der Waals surface area contributed by atoms with Gasteiger partial charge in [-0.3, -0.25) is 0 Å². The molecule has 0 heterocycles. The quantitative estimate of drug-likeness (QED) is 0.244. The van der Waals surface area contributed by atoms with E-state index in [2.05, 4.69) is 76.7 Å².